The summed E-state index contributed by atoms with van der Waals surface area (Å²) in [5.41, 5.74) is 3.85. The summed E-state index contributed by atoms with van der Waals surface area (Å²) >= 11 is 0. The molecule has 1 unspecified atom stereocenters. The predicted octanol–water partition coefficient (Wildman–Crippen LogP) is 5.97. The van der Waals surface area contributed by atoms with E-state index in [0.717, 1.165) is 33.4 Å². The molecule has 2 amide bonds. The van der Waals surface area contributed by atoms with Crippen LogP contribution in [0.5, 0.6) is 0 Å². The summed E-state index contributed by atoms with van der Waals surface area (Å²) in [4.78, 5) is 46.8. The lowest BCUT2D eigenvalue weighted by molar-refractivity contribution is -0.172. The normalized spacial score (nSPS) is 19.8. The molecule has 15 heteroatoms. The fourth-order valence-corrected chi connectivity index (χ4v) is 9.41. The van der Waals surface area contributed by atoms with Crippen LogP contribution in [0.1, 0.15) is 87.7 Å². The number of hydrogen-bond donors (Lipinski definition) is 0. The second-order valence-corrected chi connectivity index (χ2v) is 18.8. The number of amides is 2. The lowest BCUT2D eigenvalue weighted by Gasteiger charge is -2.32. The van der Waals surface area contributed by atoms with Crippen molar-refractivity contribution in [2.75, 3.05) is 34.4 Å². The maximum absolute atomic E-state index is 13.1. The molecule has 0 aromatic heterocycles. The molecule has 3 heterocycles. The van der Waals surface area contributed by atoms with Crippen molar-refractivity contribution in [1.82, 2.24) is 5.06 Å². The van der Waals surface area contributed by atoms with Gasteiger partial charge in [0.1, 0.15) is 0 Å². The lowest BCUT2D eigenvalue weighted by atomic mass is 9.78. The minimum Gasteiger partial charge on any atom is -0.748 e. The molecule has 57 heavy (non-hydrogen) atoms. The van der Waals surface area contributed by atoms with Crippen molar-refractivity contribution in [2.24, 2.45) is 0 Å². The zero-order valence-electron chi connectivity index (χ0n) is 32.5. The molecule has 3 aliphatic heterocycles. The minimum atomic E-state index is -4.38. The first-order valence-corrected chi connectivity index (χ1v) is 22.2. The molecule has 0 saturated carbocycles. The number of benzene rings is 3. The number of anilines is 2. The molecule has 304 valence electrons. The van der Waals surface area contributed by atoms with Crippen molar-refractivity contribution in [3.63, 3.8) is 0 Å². The number of rotatable bonds is 15. The van der Waals surface area contributed by atoms with E-state index in [0.29, 0.717) is 31.0 Å². The third-order valence-electron chi connectivity index (χ3n) is 11.1. The summed E-state index contributed by atoms with van der Waals surface area (Å²) in [5.74, 6) is -2.90. The molecule has 0 radical (unpaired) electrons. The van der Waals surface area contributed by atoms with Crippen LogP contribution in [0.3, 0.4) is 0 Å². The van der Waals surface area contributed by atoms with Gasteiger partial charge in [-0.3, -0.25) is 9.59 Å². The Hall–Kier alpha value is -4.83. The van der Waals surface area contributed by atoms with Gasteiger partial charge in [0.2, 0.25) is 0 Å². The lowest BCUT2D eigenvalue weighted by Crippen LogP contribution is -2.40. The molecule has 3 aromatic carbocycles. The summed E-state index contributed by atoms with van der Waals surface area (Å²) in [6.45, 7) is 9.32. The highest BCUT2D eigenvalue weighted by molar-refractivity contribution is 7.85. The zero-order chi connectivity index (χ0) is 41.3. The van der Waals surface area contributed by atoms with Crippen LogP contribution in [-0.4, -0.2) is 79.4 Å². The van der Waals surface area contributed by atoms with Gasteiger partial charge in [0.05, 0.1) is 31.8 Å². The molecular formula is C42H47N3O10S2-2. The first kappa shape index (κ1) is 41.8. The number of allylic oxidation sites excluding steroid dienone is 5. The maximum Gasteiger partial charge on any atom is 0.363 e. The van der Waals surface area contributed by atoms with Crippen molar-refractivity contribution < 1.29 is 45.2 Å². The van der Waals surface area contributed by atoms with E-state index in [1.54, 1.807) is 18.2 Å². The van der Waals surface area contributed by atoms with Crippen LogP contribution < -0.4 is 9.80 Å². The number of imide groups is 1. The average molecular weight is 818 g/mol. The topological polar surface area (TPSA) is 185 Å². The van der Waals surface area contributed by atoms with Gasteiger partial charge in [-0.2, -0.15) is 0 Å². The second-order valence-electron chi connectivity index (χ2n) is 15.8. The Balaban J connectivity index is 1.27. The van der Waals surface area contributed by atoms with E-state index in [2.05, 4.69) is 49.1 Å². The molecule has 0 bridgehead atoms. The molecule has 0 N–H and O–H groups in total. The monoisotopic (exact) mass is 817 g/mol. The van der Waals surface area contributed by atoms with Gasteiger partial charge in [0.15, 0.2) is 0 Å². The van der Waals surface area contributed by atoms with Gasteiger partial charge < -0.3 is 23.7 Å². The quantitative estimate of drug-likeness (QED) is 0.0759. The van der Waals surface area contributed by atoms with Crippen LogP contribution in [0.25, 0.3) is 10.8 Å². The highest BCUT2D eigenvalue weighted by atomic mass is 32.2. The Morgan fingerprint density at radius 1 is 0.807 bits per heavy atom. The Morgan fingerprint density at radius 3 is 2.11 bits per heavy atom. The summed E-state index contributed by atoms with van der Waals surface area (Å²) in [7, 11) is -8.69. The third kappa shape index (κ3) is 9.01. The molecule has 0 aliphatic carbocycles. The molecule has 1 fully saturated rings. The fourth-order valence-electron chi connectivity index (χ4n) is 8.29. The Morgan fingerprint density at radius 2 is 1.44 bits per heavy atom. The molecule has 1 atom stereocenters. The largest absolute Gasteiger partial charge is 0.748 e. The van der Waals surface area contributed by atoms with Gasteiger partial charge in [-0.15, -0.1) is 5.06 Å². The van der Waals surface area contributed by atoms with E-state index in [1.807, 2.05) is 55.2 Å². The Kier molecular flexibility index (Phi) is 11.9. The number of nitrogens with zero attached hydrogens (tertiary/aromatic N) is 3. The Labute approximate surface area is 334 Å². The fraction of sp³-hybridized carbons (Fsp3) is 0.405. The smallest absolute Gasteiger partial charge is 0.363 e. The SMILES string of the molecule is CC1(C)/C(=C/C=C/C=C/C2N(CCCCS(=O)(=O)[O-])c3ccc4ccccc4c3C2(C)C)N(CCCCS(=O)(=O)[O-])c2ccc(C(=O)ON3C(=O)CCC3=O)cc21. The average Bonchev–Trinajstić information content (AvgIpc) is 3.65. The van der Waals surface area contributed by atoms with Gasteiger partial charge in [-0.1, -0.05) is 82.3 Å². The predicted molar refractivity (Wildman–Crippen MR) is 215 cm³/mol. The molecule has 3 aromatic rings. The maximum atomic E-state index is 13.1. The van der Waals surface area contributed by atoms with Crippen molar-refractivity contribution in [2.45, 2.75) is 83.1 Å². The number of unbranched alkanes of at least 4 members (excludes halogenated alkanes) is 2. The molecular weight excluding hydrogens is 771 g/mol. The van der Waals surface area contributed by atoms with Crippen molar-refractivity contribution in [3.8, 4) is 0 Å². The molecule has 3 aliphatic rings. The molecule has 1 saturated heterocycles. The number of carbonyl (C=O) groups is 3. The standard InChI is InChI=1S/C42H49N3O10S2/c1-41(2)32-28-30(40(48)55-45-37(46)22-23-38(45)47)19-20-33(32)43(24-10-12-26-56(49,50)51)35(41)16-6-5-7-17-36-42(3,4)39-31-15-9-8-14-29(31)18-21-34(39)44(36)25-11-13-27-57(52,53)54/h5-9,14-21,28,36H,10-13,22-27H2,1-4H3,(H,49,50,51)(H,52,53,54)/p-2/b6-5+,17-7+,35-16-. The van der Waals surface area contributed by atoms with E-state index in [9.17, 15) is 40.3 Å². The highest BCUT2D eigenvalue weighted by Gasteiger charge is 2.44. The molecule has 13 nitrogen and oxygen atoms in total. The number of hydroxylamine groups is 2. The van der Waals surface area contributed by atoms with Crippen LogP contribution in [0, 0.1) is 0 Å². The van der Waals surface area contributed by atoms with E-state index < -0.39 is 54.9 Å². The molecule has 6 rings (SSSR count). The highest BCUT2D eigenvalue weighted by Crippen LogP contribution is 2.50. The van der Waals surface area contributed by atoms with Gasteiger partial charge >= 0.3 is 5.97 Å². The van der Waals surface area contributed by atoms with Crippen molar-refractivity contribution >= 4 is 60.2 Å². The van der Waals surface area contributed by atoms with Crippen LogP contribution in [-0.2, 0) is 45.5 Å². The third-order valence-corrected chi connectivity index (χ3v) is 12.7. The first-order chi connectivity index (χ1) is 26.8. The number of fused-ring (bicyclic) bond motifs is 4. The number of carbonyl (C=O) groups excluding carboxylic acids is 3. The van der Waals surface area contributed by atoms with Crippen LogP contribution >= 0.6 is 0 Å². The van der Waals surface area contributed by atoms with Gasteiger partial charge in [0.25, 0.3) is 11.8 Å². The van der Waals surface area contributed by atoms with Crippen LogP contribution in [0.4, 0.5) is 11.4 Å². The summed E-state index contributed by atoms with van der Waals surface area (Å²) in [6.07, 6.45) is 11.2. The van der Waals surface area contributed by atoms with E-state index in [-0.39, 0.29) is 42.7 Å². The van der Waals surface area contributed by atoms with Gasteiger partial charge in [0, 0.05) is 65.3 Å². The first-order valence-electron chi connectivity index (χ1n) is 19.0. The summed E-state index contributed by atoms with van der Waals surface area (Å²) in [5, 5.41) is 2.78. The minimum absolute atomic E-state index is 0.0257. The molecule has 0 spiro atoms. The Bertz CT molecular complexity index is 2380. The summed E-state index contributed by atoms with van der Waals surface area (Å²) < 4.78 is 67.9. The van der Waals surface area contributed by atoms with Gasteiger partial charge in [-0.25, -0.2) is 21.6 Å². The van der Waals surface area contributed by atoms with Crippen LogP contribution in [0.2, 0.25) is 0 Å². The van der Waals surface area contributed by atoms with E-state index >= 15 is 0 Å². The summed E-state index contributed by atoms with van der Waals surface area (Å²) in [6, 6.07) is 17.3. The van der Waals surface area contributed by atoms with Crippen molar-refractivity contribution in [1.29, 1.82) is 0 Å². The van der Waals surface area contributed by atoms with Gasteiger partial charge in [-0.05, 0) is 77.9 Å². The van der Waals surface area contributed by atoms with Crippen molar-refractivity contribution in [3.05, 3.63) is 107 Å². The van der Waals surface area contributed by atoms with E-state index in [1.165, 1.54) is 5.56 Å². The van der Waals surface area contributed by atoms with Crippen LogP contribution in [0.15, 0.2) is 90.7 Å². The van der Waals surface area contributed by atoms with E-state index in [4.69, 9.17) is 4.84 Å². The zero-order valence-corrected chi connectivity index (χ0v) is 34.1. The number of hydrogen-bond acceptors (Lipinski definition) is 12. The second kappa shape index (κ2) is 16.2.